The van der Waals surface area contributed by atoms with E-state index in [0.29, 0.717) is 6.04 Å². The van der Waals surface area contributed by atoms with Crippen LogP contribution < -0.4 is 4.74 Å². The zero-order valence-corrected chi connectivity index (χ0v) is 13.2. The van der Waals surface area contributed by atoms with Crippen LogP contribution in [0.3, 0.4) is 0 Å². The average molecular weight is 293 g/mol. The van der Waals surface area contributed by atoms with E-state index in [1.54, 1.807) is 12.1 Å². The van der Waals surface area contributed by atoms with Crippen molar-refractivity contribution in [2.45, 2.75) is 57.9 Å². The highest BCUT2D eigenvalue weighted by Crippen LogP contribution is 2.21. The number of ether oxygens (including phenoxy) is 1. The second-order valence-corrected chi connectivity index (χ2v) is 5.98. The van der Waals surface area contributed by atoms with Crippen LogP contribution in [0.25, 0.3) is 0 Å². The predicted molar refractivity (Wildman–Crippen MR) is 85.2 cm³/mol. The highest BCUT2D eigenvalue weighted by atomic mass is 19.1. The second kappa shape index (κ2) is 9.04. The van der Waals surface area contributed by atoms with E-state index in [4.69, 9.17) is 4.74 Å². The van der Waals surface area contributed by atoms with Gasteiger partial charge in [0.05, 0.1) is 6.61 Å². The van der Waals surface area contributed by atoms with Gasteiger partial charge in [-0.3, -0.25) is 0 Å². The average Bonchev–Trinajstić information content (AvgIpc) is 2.51. The first-order valence-corrected chi connectivity index (χ1v) is 8.42. The third-order valence-corrected chi connectivity index (χ3v) is 4.33. The molecule has 0 amide bonds. The van der Waals surface area contributed by atoms with Gasteiger partial charge in [0.1, 0.15) is 11.6 Å². The molecule has 1 fully saturated rings. The Balaban J connectivity index is 1.72. The van der Waals surface area contributed by atoms with Crippen molar-refractivity contribution in [3.8, 4) is 5.75 Å². The second-order valence-electron chi connectivity index (χ2n) is 5.98. The summed E-state index contributed by atoms with van der Waals surface area (Å²) in [6.07, 6.45) is 8.96. The molecule has 2 nitrogen and oxygen atoms in total. The molecule has 0 N–H and O–H groups in total. The highest BCUT2D eigenvalue weighted by molar-refractivity contribution is 5.21. The van der Waals surface area contributed by atoms with Gasteiger partial charge >= 0.3 is 0 Å². The van der Waals surface area contributed by atoms with Gasteiger partial charge in [0, 0.05) is 6.04 Å². The molecule has 1 aliphatic heterocycles. The number of likely N-dealkylation sites (tertiary alicyclic amines) is 1. The Morgan fingerprint density at radius 2 is 2.00 bits per heavy atom. The van der Waals surface area contributed by atoms with Crippen molar-refractivity contribution in [1.29, 1.82) is 0 Å². The molecule has 118 valence electrons. The lowest BCUT2D eigenvalue weighted by Gasteiger charge is -2.35. The smallest absolute Gasteiger partial charge is 0.123 e. The Morgan fingerprint density at radius 1 is 1.19 bits per heavy atom. The molecule has 1 aromatic rings. The summed E-state index contributed by atoms with van der Waals surface area (Å²) in [6.45, 7) is 5.45. The Kier molecular flexibility index (Phi) is 7.01. The molecule has 21 heavy (non-hydrogen) atoms. The number of hydrogen-bond donors (Lipinski definition) is 0. The van der Waals surface area contributed by atoms with Gasteiger partial charge in [0.2, 0.25) is 0 Å². The quantitative estimate of drug-likeness (QED) is 0.647. The van der Waals surface area contributed by atoms with Crippen LogP contribution in [-0.2, 0) is 0 Å². The molecule has 0 radical (unpaired) electrons. The molecule has 3 heteroatoms. The third kappa shape index (κ3) is 5.66. The molecule has 2 rings (SSSR count). The molecule has 0 aromatic heterocycles. The minimum absolute atomic E-state index is 0.211. The monoisotopic (exact) mass is 293 g/mol. The molecule has 1 unspecified atom stereocenters. The molecule has 1 atom stereocenters. The van der Waals surface area contributed by atoms with Crippen molar-refractivity contribution in [2.75, 3.05) is 19.7 Å². The molecule has 0 bridgehead atoms. The first-order valence-electron chi connectivity index (χ1n) is 8.42. The maximum absolute atomic E-state index is 12.8. The first kappa shape index (κ1) is 16.3. The SMILES string of the molecule is CCCCCN1CCCCC1CCOc1ccc(F)cc1. The number of piperidine rings is 1. The maximum atomic E-state index is 12.8. The summed E-state index contributed by atoms with van der Waals surface area (Å²) in [5.41, 5.74) is 0. The number of hydrogen-bond acceptors (Lipinski definition) is 2. The standard InChI is InChI=1S/C18H28FNO/c1-2-3-5-13-20-14-6-4-7-17(20)12-15-21-18-10-8-16(19)9-11-18/h8-11,17H,2-7,12-15H2,1H3. The van der Waals surface area contributed by atoms with Crippen molar-refractivity contribution in [3.63, 3.8) is 0 Å². The fourth-order valence-electron chi connectivity index (χ4n) is 3.09. The lowest BCUT2D eigenvalue weighted by atomic mass is 9.99. The first-order chi connectivity index (χ1) is 10.3. The number of nitrogens with zero attached hydrogens (tertiary/aromatic N) is 1. The molecule has 1 aliphatic rings. The number of benzene rings is 1. The fraction of sp³-hybridized carbons (Fsp3) is 0.667. The van der Waals surface area contributed by atoms with Gasteiger partial charge < -0.3 is 9.64 Å². The van der Waals surface area contributed by atoms with Crippen LogP contribution in [0, 0.1) is 5.82 Å². The summed E-state index contributed by atoms with van der Waals surface area (Å²) >= 11 is 0. The van der Waals surface area contributed by atoms with Crippen LogP contribution in [0.5, 0.6) is 5.75 Å². The highest BCUT2D eigenvalue weighted by Gasteiger charge is 2.21. The van der Waals surface area contributed by atoms with Crippen molar-refractivity contribution < 1.29 is 9.13 Å². The number of rotatable bonds is 8. The molecule has 1 aromatic carbocycles. The summed E-state index contributed by atoms with van der Waals surface area (Å²) < 4.78 is 18.6. The topological polar surface area (TPSA) is 12.5 Å². The summed E-state index contributed by atoms with van der Waals surface area (Å²) in [5, 5.41) is 0. The van der Waals surface area contributed by atoms with Crippen molar-refractivity contribution in [1.82, 2.24) is 4.90 Å². The van der Waals surface area contributed by atoms with Gasteiger partial charge in [-0.25, -0.2) is 4.39 Å². The predicted octanol–water partition coefficient (Wildman–Crippen LogP) is 4.64. The Bertz CT molecular complexity index is 393. The molecule has 1 saturated heterocycles. The Morgan fingerprint density at radius 3 is 2.76 bits per heavy atom. The Labute approximate surface area is 128 Å². The van der Waals surface area contributed by atoms with Crippen molar-refractivity contribution >= 4 is 0 Å². The lowest BCUT2D eigenvalue weighted by Crippen LogP contribution is -2.40. The lowest BCUT2D eigenvalue weighted by molar-refractivity contribution is 0.121. The molecule has 0 spiro atoms. The minimum Gasteiger partial charge on any atom is -0.494 e. The normalized spacial score (nSPS) is 19.6. The van der Waals surface area contributed by atoms with Crippen LogP contribution in [0.1, 0.15) is 51.9 Å². The molecule has 0 saturated carbocycles. The van der Waals surface area contributed by atoms with Crippen molar-refractivity contribution in [2.24, 2.45) is 0 Å². The van der Waals surface area contributed by atoms with E-state index in [9.17, 15) is 4.39 Å². The van der Waals surface area contributed by atoms with Crippen LogP contribution >= 0.6 is 0 Å². The summed E-state index contributed by atoms with van der Waals surface area (Å²) in [5.74, 6) is 0.557. The number of unbranched alkanes of at least 4 members (excludes halogenated alkanes) is 2. The van der Waals surface area contributed by atoms with E-state index in [0.717, 1.165) is 18.8 Å². The van der Waals surface area contributed by atoms with E-state index < -0.39 is 0 Å². The zero-order chi connectivity index (χ0) is 14.9. The van der Waals surface area contributed by atoms with E-state index in [-0.39, 0.29) is 5.82 Å². The van der Waals surface area contributed by atoms with Crippen LogP contribution in [0.2, 0.25) is 0 Å². The van der Waals surface area contributed by atoms with Gasteiger partial charge in [-0.05, 0) is 63.0 Å². The van der Waals surface area contributed by atoms with E-state index >= 15 is 0 Å². The van der Waals surface area contributed by atoms with Crippen LogP contribution in [0.15, 0.2) is 24.3 Å². The molecular formula is C18H28FNO. The molecular weight excluding hydrogens is 265 g/mol. The van der Waals surface area contributed by atoms with Gasteiger partial charge in [-0.2, -0.15) is 0 Å². The van der Waals surface area contributed by atoms with E-state index in [1.807, 2.05) is 0 Å². The van der Waals surface area contributed by atoms with Gasteiger partial charge in [0.15, 0.2) is 0 Å². The molecule has 1 heterocycles. The Hall–Kier alpha value is -1.09. The van der Waals surface area contributed by atoms with Gasteiger partial charge in [-0.1, -0.05) is 26.2 Å². The fourth-order valence-corrected chi connectivity index (χ4v) is 3.09. The third-order valence-electron chi connectivity index (χ3n) is 4.33. The summed E-state index contributed by atoms with van der Waals surface area (Å²) in [4.78, 5) is 2.65. The van der Waals surface area contributed by atoms with Crippen LogP contribution in [0.4, 0.5) is 4.39 Å². The number of halogens is 1. The van der Waals surface area contributed by atoms with Gasteiger partial charge in [0.25, 0.3) is 0 Å². The van der Waals surface area contributed by atoms with Crippen molar-refractivity contribution in [3.05, 3.63) is 30.1 Å². The van der Waals surface area contributed by atoms with Crippen LogP contribution in [-0.4, -0.2) is 30.6 Å². The summed E-state index contributed by atoms with van der Waals surface area (Å²) in [7, 11) is 0. The minimum atomic E-state index is -0.211. The maximum Gasteiger partial charge on any atom is 0.123 e. The van der Waals surface area contributed by atoms with E-state index in [1.165, 1.54) is 63.7 Å². The molecule has 0 aliphatic carbocycles. The zero-order valence-electron chi connectivity index (χ0n) is 13.2. The largest absolute Gasteiger partial charge is 0.494 e. The van der Waals surface area contributed by atoms with E-state index in [2.05, 4.69) is 11.8 Å². The van der Waals surface area contributed by atoms with Gasteiger partial charge in [-0.15, -0.1) is 0 Å². The summed E-state index contributed by atoms with van der Waals surface area (Å²) in [6, 6.07) is 6.97.